The normalized spacial score (nSPS) is 28.0. The van der Waals surface area contributed by atoms with E-state index in [1.54, 1.807) is 0 Å². The van der Waals surface area contributed by atoms with Crippen molar-refractivity contribution in [1.29, 1.82) is 0 Å². The molecule has 0 aromatic heterocycles. The van der Waals surface area contributed by atoms with E-state index in [1.165, 1.54) is 38.8 Å². The number of ether oxygens (including phenoxy) is 1. The van der Waals surface area contributed by atoms with Crippen molar-refractivity contribution in [3.8, 4) is 0 Å². The second-order valence-electron chi connectivity index (χ2n) is 6.46. The van der Waals surface area contributed by atoms with Crippen LogP contribution < -0.4 is 0 Å². The molecule has 1 saturated carbocycles. The van der Waals surface area contributed by atoms with E-state index >= 15 is 0 Å². The van der Waals surface area contributed by atoms with Crippen molar-refractivity contribution in [1.82, 2.24) is 4.90 Å². The van der Waals surface area contributed by atoms with Crippen LogP contribution in [0.4, 0.5) is 0 Å². The summed E-state index contributed by atoms with van der Waals surface area (Å²) in [6, 6.07) is 0. The van der Waals surface area contributed by atoms with E-state index in [0.717, 1.165) is 0 Å². The molecule has 2 rings (SSSR count). The Bertz CT molecular complexity index is 215. The first-order valence-electron chi connectivity index (χ1n) is 6.23. The smallest absolute Gasteiger partial charge is 0.0571 e. The second kappa shape index (κ2) is 3.74. The van der Waals surface area contributed by atoms with Crippen LogP contribution >= 0.6 is 0 Å². The molecule has 0 aromatic rings. The van der Waals surface area contributed by atoms with Gasteiger partial charge in [-0.2, -0.15) is 0 Å². The minimum Gasteiger partial charge on any atom is -0.381 e. The molecule has 2 fully saturated rings. The zero-order valence-corrected chi connectivity index (χ0v) is 10.7. The number of likely N-dealkylation sites (tertiary alicyclic amines) is 1. The fourth-order valence-corrected chi connectivity index (χ4v) is 2.99. The average molecular weight is 211 g/mol. The topological polar surface area (TPSA) is 12.5 Å². The molecule has 1 aliphatic heterocycles. The highest BCUT2D eigenvalue weighted by Gasteiger charge is 2.47. The summed E-state index contributed by atoms with van der Waals surface area (Å²) in [6.45, 7) is 9.59. The van der Waals surface area contributed by atoms with Gasteiger partial charge in [-0.15, -0.1) is 0 Å². The largest absolute Gasteiger partial charge is 0.381 e. The van der Waals surface area contributed by atoms with Gasteiger partial charge in [-0.3, -0.25) is 4.90 Å². The monoisotopic (exact) mass is 211 g/mol. The Labute approximate surface area is 94.0 Å². The molecule has 2 heteroatoms. The van der Waals surface area contributed by atoms with Crippen LogP contribution in [-0.4, -0.2) is 36.7 Å². The van der Waals surface area contributed by atoms with Crippen LogP contribution in [0.5, 0.6) is 0 Å². The summed E-state index contributed by atoms with van der Waals surface area (Å²) in [6.07, 6.45) is 5.83. The molecular weight excluding hydrogens is 186 g/mol. The van der Waals surface area contributed by atoms with Crippen LogP contribution in [0.25, 0.3) is 0 Å². The molecular formula is C13H25NO. The van der Waals surface area contributed by atoms with Crippen LogP contribution in [-0.2, 0) is 4.74 Å². The van der Waals surface area contributed by atoms with Crippen molar-refractivity contribution in [2.75, 3.05) is 20.2 Å². The molecule has 1 spiro atoms. The summed E-state index contributed by atoms with van der Waals surface area (Å²) < 4.78 is 5.43. The Morgan fingerprint density at radius 2 is 1.67 bits per heavy atom. The van der Waals surface area contributed by atoms with Gasteiger partial charge in [0.15, 0.2) is 0 Å². The first kappa shape index (κ1) is 11.4. The van der Waals surface area contributed by atoms with E-state index in [0.29, 0.717) is 17.1 Å². The summed E-state index contributed by atoms with van der Waals surface area (Å²) in [4.78, 5) is 2.61. The Balaban J connectivity index is 1.83. The average Bonchev–Trinajstić information content (AvgIpc) is 2.13. The standard InChI is InChI=1S/C13H25NO/c1-12(2,3)14-9-13(10-14)7-5-11(15-4)6-8-13/h11H,5-10H2,1-4H3. The molecule has 1 aliphatic carbocycles. The number of hydrogen-bond acceptors (Lipinski definition) is 2. The predicted octanol–water partition coefficient (Wildman–Crippen LogP) is 2.68. The van der Waals surface area contributed by atoms with Gasteiger partial charge in [0.05, 0.1) is 6.10 Å². The van der Waals surface area contributed by atoms with Gasteiger partial charge in [-0.1, -0.05) is 0 Å². The molecule has 0 radical (unpaired) electrons. The van der Waals surface area contributed by atoms with Gasteiger partial charge in [0.2, 0.25) is 0 Å². The van der Waals surface area contributed by atoms with E-state index in [2.05, 4.69) is 25.7 Å². The minimum absolute atomic E-state index is 0.364. The zero-order chi connectivity index (χ0) is 11.1. The number of nitrogens with zero attached hydrogens (tertiary/aromatic N) is 1. The first-order valence-corrected chi connectivity index (χ1v) is 6.23. The van der Waals surface area contributed by atoms with Gasteiger partial charge in [-0.05, 0) is 51.9 Å². The molecule has 0 N–H and O–H groups in total. The lowest BCUT2D eigenvalue weighted by molar-refractivity contribution is -0.0983. The fourth-order valence-electron chi connectivity index (χ4n) is 2.99. The zero-order valence-electron chi connectivity index (χ0n) is 10.7. The Hall–Kier alpha value is -0.0800. The summed E-state index contributed by atoms with van der Waals surface area (Å²) in [7, 11) is 1.85. The molecule has 1 heterocycles. The van der Waals surface area contributed by atoms with Crippen LogP contribution in [0.1, 0.15) is 46.5 Å². The van der Waals surface area contributed by atoms with Crippen molar-refractivity contribution in [3.05, 3.63) is 0 Å². The Morgan fingerprint density at radius 1 is 1.13 bits per heavy atom. The highest BCUT2D eigenvalue weighted by molar-refractivity contribution is 5.01. The molecule has 1 saturated heterocycles. The maximum atomic E-state index is 5.43. The number of rotatable bonds is 1. The van der Waals surface area contributed by atoms with Gasteiger partial charge >= 0.3 is 0 Å². The van der Waals surface area contributed by atoms with Gasteiger partial charge in [0.25, 0.3) is 0 Å². The summed E-state index contributed by atoms with van der Waals surface area (Å²) >= 11 is 0. The van der Waals surface area contributed by atoms with Crippen LogP contribution in [0.3, 0.4) is 0 Å². The Morgan fingerprint density at radius 3 is 2.07 bits per heavy atom. The molecule has 15 heavy (non-hydrogen) atoms. The third-order valence-corrected chi connectivity index (χ3v) is 4.33. The summed E-state index contributed by atoms with van der Waals surface area (Å²) in [5.41, 5.74) is 1.02. The molecule has 88 valence electrons. The maximum Gasteiger partial charge on any atom is 0.0571 e. The van der Waals surface area contributed by atoms with Crippen molar-refractivity contribution in [3.63, 3.8) is 0 Å². The third-order valence-electron chi connectivity index (χ3n) is 4.33. The van der Waals surface area contributed by atoms with Crippen LogP contribution in [0.2, 0.25) is 0 Å². The van der Waals surface area contributed by atoms with Crippen LogP contribution in [0, 0.1) is 5.41 Å². The van der Waals surface area contributed by atoms with Crippen molar-refractivity contribution in [2.45, 2.75) is 58.1 Å². The minimum atomic E-state index is 0.364. The number of hydrogen-bond donors (Lipinski definition) is 0. The summed E-state index contributed by atoms with van der Waals surface area (Å²) in [5, 5.41) is 0. The van der Waals surface area contributed by atoms with E-state index < -0.39 is 0 Å². The molecule has 0 aromatic carbocycles. The third kappa shape index (κ3) is 2.21. The second-order valence-corrected chi connectivity index (χ2v) is 6.46. The molecule has 0 atom stereocenters. The molecule has 0 amide bonds. The lowest BCUT2D eigenvalue weighted by atomic mass is 9.66. The van der Waals surface area contributed by atoms with E-state index in [1.807, 2.05) is 7.11 Å². The fraction of sp³-hybridized carbons (Fsp3) is 1.00. The first-order chi connectivity index (χ1) is 6.95. The molecule has 0 bridgehead atoms. The SMILES string of the molecule is COC1CCC2(CC1)CN(C(C)(C)C)C2. The van der Waals surface area contributed by atoms with E-state index in [4.69, 9.17) is 4.74 Å². The lowest BCUT2D eigenvalue weighted by Gasteiger charge is -2.58. The molecule has 0 unspecified atom stereocenters. The van der Waals surface area contributed by atoms with Gasteiger partial charge < -0.3 is 4.74 Å². The predicted molar refractivity (Wildman–Crippen MR) is 63.0 cm³/mol. The number of methoxy groups -OCH3 is 1. The van der Waals surface area contributed by atoms with Gasteiger partial charge in [0.1, 0.15) is 0 Å². The highest BCUT2D eigenvalue weighted by atomic mass is 16.5. The van der Waals surface area contributed by atoms with Crippen molar-refractivity contribution in [2.24, 2.45) is 5.41 Å². The quantitative estimate of drug-likeness (QED) is 0.661. The lowest BCUT2D eigenvalue weighted by Crippen LogP contribution is -2.63. The molecule has 2 nitrogen and oxygen atoms in total. The summed E-state index contributed by atoms with van der Waals surface area (Å²) in [5.74, 6) is 0. The van der Waals surface area contributed by atoms with E-state index in [9.17, 15) is 0 Å². The van der Waals surface area contributed by atoms with Gasteiger partial charge in [-0.25, -0.2) is 0 Å². The maximum absolute atomic E-state index is 5.43. The van der Waals surface area contributed by atoms with E-state index in [-0.39, 0.29) is 0 Å². The van der Waals surface area contributed by atoms with Crippen LogP contribution in [0.15, 0.2) is 0 Å². The Kier molecular flexibility index (Phi) is 2.85. The highest BCUT2D eigenvalue weighted by Crippen LogP contribution is 2.46. The van der Waals surface area contributed by atoms with Crippen molar-refractivity contribution < 1.29 is 4.74 Å². The molecule has 2 aliphatic rings. The van der Waals surface area contributed by atoms with Gasteiger partial charge in [0, 0.05) is 25.7 Å². The van der Waals surface area contributed by atoms with Crippen molar-refractivity contribution >= 4 is 0 Å².